The maximum atomic E-state index is 13.8. The van der Waals surface area contributed by atoms with Crippen LogP contribution in [0.2, 0.25) is 0 Å². The third kappa shape index (κ3) is 4.15. The number of ether oxygens (including phenoxy) is 1. The first kappa shape index (κ1) is 23.1. The van der Waals surface area contributed by atoms with Crippen molar-refractivity contribution < 1.29 is 14.3 Å². The number of nitrogens with one attached hydrogen (secondary N) is 1. The van der Waals surface area contributed by atoms with E-state index in [0.717, 1.165) is 27.9 Å². The molecule has 3 aromatic rings. The van der Waals surface area contributed by atoms with Crippen molar-refractivity contribution in [1.29, 1.82) is 0 Å². The second-order valence-electron chi connectivity index (χ2n) is 8.76. The molecule has 0 unspecified atom stereocenters. The smallest absolute Gasteiger partial charge is 0.282 e. The minimum atomic E-state index is -0.403. The van der Waals surface area contributed by atoms with Crippen LogP contribution in [0.3, 0.4) is 0 Å². The number of anilines is 3. The van der Waals surface area contributed by atoms with E-state index in [1.54, 1.807) is 13.2 Å². The van der Waals surface area contributed by atoms with E-state index in [1.165, 1.54) is 4.90 Å². The van der Waals surface area contributed by atoms with Crippen LogP contribution in [-0.2, 0) is 9.59 Å². The van der Waals surface area contributed by atoms with Crippen molar-refractivity contribution in [3.63, 3.8) is 0 Å². The van der Waals surface area contributed by atoms with Crippen LogP contribution in [0, 0.1) is 20.8 Å². The number of nitrogens with zero attached hydrogens (tertiary/aromatic N) is 2. The fourth-order valence-corrected chi connectivity index (χ4v) is 4.19. The Morgan fingerprint density at radius 2 is 1.56 bits per heavy atom. The molecule has 0 spiro atoms. The van der Waals surface area contributed by atoms with Crippen LogP contribution in [0.25, 0.3) is 5.57 Å². The van der Waals surface area contributed by atoms with E-state index in [-0.39, 0.29) is 11.6 Å². The third-order valence-electron chi connectivity index (χ3n) is 5.95. The molecular weight excluding hydrogens is 426 g/mol. The van der Waals surface area contributed by atoms with Crippen LogP contribution in [0.4, 0.5) is 17.1 Å². The maximum Gasteiger partial charge on any atom is 0.282 e. The molecule has 0 radical (unpaired) electrons. The van der Waals surface area contributed by atoms with Gasteiger partial charge in [0.05, 0.1) is 24.1 Å². The van der Waals surface area contributed by atoms with Crippen molar-refractivity contribution in [2.75, 3.05) is 36.3 Å². The molecule has 1 N–H and O–H groups in total. The molecule has 0 saturated carbocycles. The summed E-state index contributed by atoms with van der Waals surface area (Å²) in [6, 6.07) is 18.9. The molecule has 0 bridgehead atoms. The SMILES string of the molecule is COc1ccc(C)cc1NC1=C(c2ccc(C)cc2C)C(=O)N(c2cccc(N(C)C)c2)C1=O. The van der Waals surface area contributed by atoms with Gasteiger partial charge in [-0.25, -0.2) is 4.90 Å². The predicted octanol–water partition coefficient (Wildman–Crippen LogP) is 5.08. The number of aryl methyl sites for hydroxylation is 3. The molecule has 6 nitrogen and oxygen atoms in total. The zero-order chi connectivity index (χ0) is 24.6. The average molecular weight is 456 g/mol. The number of imide groups is 1. The van der Waals surface area contributed by atoms with Crippen LogP contribution >= 0.6 is 0 Å². The van der Waals surface area contributed by atoms with Crippen molar-refractivity contribution in [1.82, 2.24) is 0 Å². The van der Waals surface area contributed by atoms with Crippen LogP contribution < -0.4 is 19.9 Å². The van der Waals surface area contributed by atoms with E-state index in [0.29, 0.717) is 22.7 Å². The van der Waals surface area contributed by atoms with Gasteiger partial charge in [0.25, 0.3) is 11.8 Å². The number of carbonyl (C=O) groups excluding carboxylic acids is 2. The Hall–Kier alpha value is -4.06. The van der Waals surface area contributed by atoms with Crippen molar-refractivity contribution in [2.24, 2.45) is 0 Å². The molecule has 1 aliphatic rings. The van der Waals surface area contributed by atoms with Gasteiger partial charge < -0.3 is 15.0 Å². The molecular formula is C28H29N3O3. The Bertz CT molecular complexity index is 1320. The van der Waals surface area contributed by atoms with Crippen molar-refractivity contribution in [3.05, 3.63) is 88.6 Å². The highest BCUT2D eigenvalue weighted by atomic mass is 16.5. The largest absolute Gasteiger partial charge is 0.495 e. The van der Waals surface area contributed by atoms with Gasteiger partial charge in [0, 0.05) is 19.8 Å². The molecule has 3 aromatic carbocycles. The summed E-state index contributed by atoms with van der Waals surface area (Å²) in [4.78, 5) is 30.8. The quantitative estimate of drug-likeness (QED) is 0.525. The fraction of sp³-hybridized carbons (Fsp3) is 0.214. The normalized spacial score (nSPS) is 13.5. The highest BCUT2D eigenvalue weighted by Gasteiger charge is 2.41. The number of hydrogen-bond donors (Lipinski definition) is 1. The molecule has 1 heterocycles. The first-order valence-electron chi connectivity index (χ1n) is 11.1. The molecule has 174 valence electrons. The average Bonchev–Trinajstić information content (AvgIpc) is 3.03. The second-order valence-corrected chi connectivity index (χ2v) is 8.76. The highest BCUT2D eigenvalue weighted by molar-refractivity contribution is 6.46. The van der Waals surface area contributed by atoms with Crippen molar-refractivity contribution in [2.45, 2.75) is 20.8 Å². The summed E-state index contributed by atoms with van der Waals surface area (Å²) in [7, 11) is 5.42. The molecule has 1 aliphatic heterocycles. The van der Waals surface area contributed by atoms with Crippen molar-refractivity contribution in [3.8, 4) is 5.75 Å². The van der Waals surface area contributed by atoms with Gasteiger partial charge in [-0.15, -0.1) is 0 Å². The summed E-state index contributed by atoms with van der Waals surface area (Å²) in [6.07, 6.45) is 0. The lowest BCUT2D eigenvalue weighted by molar-refractivity contribution is -0.120. The van der Waals surface area contributed by atoms with Crippen molar-refractivity contribution >= 4 is 34.4 Å². The molecule has 6 heteroatoms. The van der Waals surface area contributed by atoms with Crippen LogP contribution in [0.1, 0.15) is 22.3 Å². The van der Waals surface area contributed by atoms with Gasteiger partial charge in [0.1, 0.15) is 11.4 Å². The van der Waals surface area contributed by atoms with Crippen LogP contribution in [0.5, 0.6) is 5.75 Å². The number of methoxy groups -OCH3 is 1. The zero-order valence-electron chi connectivity index (χ0n) is 20.4. The minimum Gasteiger partial charge on any atom is -0.495 e. The Balaban J connectivity index is 1.88. The summed E-state index contributed by atoms with van der Waals surface area (Å²) >= 11 is 0. The van der Waals surface area contributed by atoms with Gasteiger partial charge >= 0.3 is 0 Å². The van der Waals surface area contributed by atoms with Gasteiger partial charge in [-0.2, -0.15) is 0 Å². The van der Waals surface area contributed by atoms with Gasteiger partial charge in [-0.1, -0.05) is 35.9 Å². The van der Waals surface area contributed by atoms with Gasteiger partial charge in [-0.3, -0.25) is 9.59 Å². The Morgan fingerprint density at radius 3 is 2.24 bits per heavy atom. The van der Waals surface area contributed by atoms with E-state index < -0.39 is 5.91 Å². The van der Waals surface area contributed by atoms with Gasteiger partial charge in [0.15, 0.2) is 0 Å². The topological polar surface area (TPSA) is 61.9 Å². The monoisotopic (exact) mass is 455 g/mol. The summed E-state index contributed by atoms with van der Waals surface area (Å²) in [5.74, 6) is -0.173. The second kappa shape index (κ2) is 9.06. The standard InChI is InChI=1S/C28H29N3O3/c1-17-10-12-22(19(3)14-17)25-26(29-23-15-18(2)11-13-24(23)34-6)28(33)31(27(25)32)21-9-7-8-20(16-21)30(4)5/h7-16,29H,1-6H3. The molecule has 0 aliphatic carbocycles. The third-order valence-corrected chi connectivity index (χ3v) is 5.95. The fourth-order valence-electron chi connectivity index (χ4n) is 4.19. The lowest BCUT2D eigenvalue weighted by atomic mass is 9.97. The zero-order valence-corrected chi connectivity index (χ0v) is 20.4. The lowest BCUT2D eigenvalue weighted by Gasteiger charge is -2.19. The Morgan fingerprint density at radius 1 is 0.853 bits per heavy atom. The molecule has 34 heavy (non-hydrogen) atoms. The number of rotatable bonds is 6. The number of amides is 2. The summed E-state index contributed by atoms with van der Waals surface area (Å²) in [5.41, 5.74) is 6.37. The molecule has 0 saturated heterocycles. The first-order chi connectivity index (χ1) is 16.2. The van der Waals surface area contributed by atoms with E-state index in [9.17, 15) is 9.59 Å². The summed E-state index contributed by atoms with van der Waals surface area (Å²) < 4.78 is 5.51. The molecule has 0 fully saturated rings. The van der Waals surface area contributed by atoms with E-state index >= 15 is 0 Å². The number of benzene rings is 3. The highest BCUT2D eigenvalue weighted by Crippen LogP contribution is 2.37. The van der Waals surface area contributed by atoms with Crippen LogP contribution in [-0.4, -0.2) is 33.0 Å². The molecule has 2 amide bonds. The van der Waals surface area contributed by atoms with E-state index in [2.05, 4.69) is 5.32 Å². The first-order valence-corrected chi connectivity index (χ1v) is 11.1. The van der Waals surface area contributed by atoms with Gasteiger partial charge in [-0.05, 0) is 67.8 Å². The Kier molecular flexibility index (Phi) is 6.16. The summed E-state index contributed by atoms with van der Waals surface area (Å²) in [6.45, 7) is 5.92. The van der Waals surface area contributed by atoms with E-state index in [4.69, 9.17) is 4.74 Å². The molecule has 0 aromatic heterocycles. The minimum absolute atomic E-state index is 0.233. The Labute approximate surface area is 200 Å². The van der Waals surface area contributed by atoms with Gasteiger partial charge in [0.2, 0.25) is 0 Å². The maximum absolute atomic E-state index is 13.8. The number of carbonyl (C=O) groups is 2. The van der Waals surface area contributed by atoms with Crippen LogP contribution in [0.15, 0.2) is 66.4 Å². The molecule has 0 atom stereocenters. The van der Waals surface area contributed by atoms with E-state index in [1.807, 2.05) is 94.4 Å². The summed E-state index contributed by atoms with van der Waals surface area (Å²) in [5, 5.41) is 3.24. The lowest BCUT2D eigenvalue weighted by Crippen LogP contribution is -2.32. The molecule has 4 rings (SSSR count). The predicted molar refractivity (Wildman–Crippen MR) is 137 cm³/mol. The number of hydrogen-bond acceptors (Lipinski definition) is 5.